The summed E-state index contributed by atoms with van der Waals surface area (Å²) in [6.07, 6.45) is 3.63. The van der Waals surface area contributed by atoms with Gasteiger partial charge >= 0.3 is 0 Å². The van der Waals surface area contributed by atoms with Crippen molar-refractivity contribution in [3.8, 4) is 5.75 Å². The van der Waals surface area contributed by atoms with Crippen molar-refractivity contribution in [3.05, 3.63) is 29.5 Å². The molecule has 5 atom stereocenters. The van der Waals surface area contributed by atoms with Gasteiger partial charge in [0, 0.05) is 48.9 Å². The maximum atomic E-state index is 13.2. The normalized spacial score (nSPS) is 30.9. The Balaban J connectivity index is 1.43. The number of carbonyl (C=O) groups excluding carboxylic acids is 1. The van der Waals surface area contributed by atoms with E-state index < -0.39 is 5.41 Å². The SMILES string of the molecule is CNCCOCOCCC1CC2CN3CCc4c([nH]c5ccc(O)cc45)C(C(N)=O)(C2)C13. The van der Waals surface area contributed by atoms with Gasteiger partial charge in [-0.05, 0) is 68.3 Å². The smallest absolute Gasteiger partial charge is 0.231 e. The number of carbonyl (C=O) groups is 1. The highest BCUT2D eigenvalue weighted by Crippen LogP contribution is 2.54. The summed E-state index contributed by atoms with van der Waals surface area (Å²) >= 11 is 0. The molecule has 8 heteroatoms. The van der Waals surface area contributed by atoms with E-state index >= 15 is 0 Å². The van der Waals surface area contributed by atoms with Gasteiger partial charge in [0.25, 0.3) is 0 Å². The second kappa shape index (κ2) is 8.67. The Morgan fingerprint density at radius 2 is 2.22 bits per heavy atom. The maximum absolute atomic E-state index is 13.2. The Hall–Kier alpha value is -2.13. The number of ether oxygens (including phenoxy) is 2. The predicted octanol–water partition coefficient (Wildman–Crippen LogP) is 1.46. The van der Waals surface area contributed by atoms with Crippen molar-refractivity contribution in [1.29, 1.82) is 0 Å². The van der Waals surface area contributed by atoms with Crippen LogP contribution in [0.3, 0.4) is 0 Å². The van der Waals surface area contributed by atoms with Crippen LogP contribution in [0.2, 0.25) is 0 Å². The number of hydrogen-bond donors (Lipinski definition) is 4. The first-order valence-corrected chi connectivity index (χ1v) is 11.7. The van der Waals surface area contributed by atoms with Crippen LogP contribution in [0.15, 0.2) is 18.2 Å². The number of fused-ring (bicyclic) bond motifs is 4. The number of piperidine rings is 2. The number of benzene rings is 1. The fraction of sp³-hybridized carbons (Fsp3) is 0.625. The summed E-state index contributed by atoms with van der Waals surface area (Å²) in [7, 11) is 1.90. The number of aromatic amines is 1. The van der Waals surface area contributed by atoms with Gasteiger partial charge < -0.3 is 30.6 Å². The minimum atomic E-state index is -0.727. The van der Waals surface area contributed by atoms with Crippen LogP contribution in [0.4, 0.5) is 0 Å². The van der Waals surface area contributed by atoms with Gasteiger partial charge in [0.15, 0.2) is 0 Å². The molecule has 4 bridgehead atoms. The zero-order valence-electron chi connectivity index (χ0n) is 18.7. The first-order valence-electron chi connectivity index (χ1n) is 11.7. The molecule has 32 heavy (non-hydrogen) atoms. The third kappa shape index (κ3) is 3.50. The molecule has 3 fully saturated rings. The van der Waals surface area contributed by atoms with Crippen molar-refractivity contribution in [2.24, 2.45) is 17.6 Å². The number of nitrogens with one attached hydrogen (secondary N) is 2. The summed E-state index contributed by atoms with van der Waals surface area (Å²) in [5.74, 6) is 0.791. The summed E-state index contributed by atoms with van der Waals surface area (Å²) in [6.45, 7) is 4.26. The number of phenolic OH excluding ortho intramolecular Hbond substituents is 1. The van der Waals surface area contributed by atoms with Crippen molar-refractivity contribution in [2.75, 3.05) is 46.7 Å². The van der Waals surface area contributed by atoms with E-state index in [1.54, 1.807) is 6.07 Å². The minimum absolute atomic E-state index is 0.0710. The Morgan fingerprint density at radius 3 is 3.03 bits per heavy atom. The Kier molecular flexibility index (Phi) is 5.88. The Labute approximate surface area is 188 Å². The largest absolute Gasteiger partial charge is 0.508 e. The lowest BCUT2D eigenvalue weighted by Gasteiger charge is -2.58. The number of amides is 1. The molecule has 4 heterocycles. The zero-order chi connectivity index (χ0) is 22.3. The standard InChI is InChI=1S/C24H34N4O4/c1-26-6-9-32-14-31-8-5-16-10-15-12-24(23(25)30)21-18(4-7-28(13-15)22(16)24)19-11-17(29)2-3-20(19)27-21/h2-3,11,15-16,22,26-27,29H,4-10,12-14H2,1H3,(H2,25,30). The maximum Gasteiger partial charge on any atom is 0.231 e. The van der Waals surface area contributed by atoms with Gasteiger partial charge in [-0.25, -0.2) is 0 Å². The molecule has 1 saturated carbocycles. The van der Waals surface area contributed by atoms with Gasteiger partial charge in [0.2, 0.25) is 5.91 Å². The van der Waals surface area contributed by atoms with Crippen LogP contribution in [0.1, 0.15) is 30.5 Å². The minimum Gasteiger partial charge on any atom is -0.508 e. The fourth-order valence-corrected chi connectivity index (χ4v) is 6.66. The molecule has 1 aliphatic carbocycles. The average Bonchev–Trinajstić information content (AvgIpc) is 3.10. The van der Waals surface area contributed by atoms with Gasteiger partial charge in [0.05, 0.1) is 6.61 Å². The monoisotopic (exact) mass is 442 g/mol. The number of nitrogens with two attached hydrogens (primary N) is 1. The predicted molar refractivity (Wildman–Crippen MR) is 121 cm³/mol. The van der Waals surface area contributed by atoms with E-state index in [-0.39, 0.29) is 17.7 Å². The van der Waals surface area contributed by atoms with Gasteiger partial charge in [-0.2, -0.15) is 0 Å². The number of likely N-dealkylation sites (N-methyl/N-ethyl adjacent to an activating group) is 1. The first kappa shape index (κ1) is 21.7. The summed E-state index contributed by atoms with van der Waals surface area (Å²) < 4.78 is 11.2. The van der Waals surface area contributed by atoms with E-state index in [9.17, 15) is 9.90 Å². The molecule has 6 rings (SSSR count). The average molecular weight is 443 g/mol. The van der Waals surface area contributed by atoms with Crippen LogP contribution in [0.25, 0.3) is 10.9 Å². The van der Waals surface area contributed by atoms with Gasteiger partial charge in [-0.1, -0.05) is 0 Å². The molecule has 4 aliphatic rings. The highest BCUT2D eigenvalue weighted by molar-refractivity contribution is 5.93. The summed E-state index contributed by atoms with van der Waals surface area (Å²) in [6, 6.07) is 5.46. The van der Waals surface area contributed by atoms with Crippen LogP contribution in [0, 0.1) is 11.8 Å². The molecule has 0 spiro atoms. The third-order valence-electron chi connectivity index (χ3n) is 7.80. The quantitative estimate of drug-likeness (QED) is 0.346. The lowest BCUT2D eigenvalue weighted by atomic mass is 9.56. The number of aromatic hydroxyl groups is 1. The van der Waals surface area contributed by atoms with E-state index in [0.29, 0.717) is 31.8 Å². The number of phenols is 1. The van der Waals surface area contributed by atoms with Crippen molar-refractivity contribution in [3.63, 3.8) is 0 Å². The number of nitrogens with zero attached hydrogens (tertiary/aromatic N) is 1. The zero-order valence-corrected chi connectivity index (χ0v) is 18.7. The summed E-state index contributed by atoms with van der Waals surface area (Å²) in [5, 5.41) is 14.1. The lowest BCUT2D eigenvalue weighted by molar-refractivity contribution is -0.139. The van der Waals surface area contributed by atoms with E-state index in [1.807, 2.05) is 19.2 Å². The van der Waals surface area contributed by atoms with Crippen LogP contribution in [-0.4, -0.2) is 73.6 Å². The molecule has 3 aliphatic heterocycles. The molecule has 5 unspecified atom stereocenters. The van der Waals surface area contributed by atoms with E-state index in [1.165, 1.54) is 0 Å². The molecule has 0 radical (unpaired) electrons. The van der Waals surface area contributed by atoms with Crippen LogP contribution in [0.5, 0.6) is 5.75 Å². The fourth-order valence-electron chi connectivity index (χ4n) is 6.66. The molecule has 1 amide bonds. The van der Waals surface area contributed by atoms with Crippen molar-refractivity contribution in [1.82, 2.24) is 15.2 Å². The molecule has 8 nitrogen and oxygen atoms in total. The third-order valence-corrected chi connectivity index (χ3v) is 7.80. The highest BCUT2D eigenvalue weighted by atomic mass is 16.7. The molecule has 2 aromatic rings. The molecule has 2 saturated heterocycles. The van der Waals surface area contributed by atoms with Gasteiger partial charge in [0.1, 0.15) is 18.0 Å². The van der Waals surface area contributed by atoms with E-state index in [0.717, 1.165) is 67.5 Å². The van der Waals surface area contributed by atoms with Crippen molar-refractivity contribution < 1.29 is 19.4 Å². The molecule has 1 aromatic carbocycles. The Bertz CT molecular complexity index is 992. The second-order valence-electron chi connectivity index (χ2n) is 9.63. The lowest BCUT2D eigenvalue weighted by Crippen LogP contribution is -2.68. The molecule has 174 valence electrons. The summed E-state index contributed by atoms with van der Waals surface area (Å²) in [5.41, 5.74) is 8.57. The Morgan fingerprint density at radius 1 is 1.38 bits per heavy atom. The number of H-pyrrole nitrogens is 1. The number of aromatic nitrogens is 1. The van der Waals surface area contributed by atoms with Crippen molar-refractivity contribution >= 4 is 16.8 Å². The van der Waals surface area contributed by atoms with E-state index in [2.05, 4.69) is 15.2 Å². The molecule has 5 N–H and O–H groups in total. The second-order valence-corrected chi connectivity index (χ2v) is 9.63. The topological polar surface area (TPSA) is 113 Å². The number of primary amides is 1. The number of rotatable bonds is 9. The van der Waals surface area contributed by atoms with Crippen molar-refractivity contribution in [2.45, 2.75) is 37.1 Å². The van der Waals surface area contributed by atoms with E-state index in [4.69, 9.17) is 15.2 Å². The molecule has 1 aromatic heterocycles. The first-order chi connectivity index (χ1) is 15.5. The molecular formula is C24H34N4O4. The van der Waals surface area contributed by atoms with Gasteiger partial charge in [-0.3, -0.25) is 9.69 Å². The highest BCUT2D eigenvalue weighted by Gasteiger charge is 2.61. The van der Waals surface area contributed by atoms with Crippen LogP contribution in [-0.2, 0) is 26.1 Å². The summed E-state index contributed by atoms with van der Waals surface area (Å²) in [4.78, 5) is 19.3. The van der Waals surface area contributed by atoms with Crippen LogP contribution < -0.4 is 11.1 Å². The van der Waals surface area contributed by atoms with Gasteiger partial charge in [-0.15, -0.1) is 0 Å². The van der Waals surface area contributed by atoms with Crippen LogP contribution >= 0.6 is 0 Å². The number of hydrogen-bond acceptors (Lipinski definition) is 6. The molecular weight excluding hydrogens is 408 g/mol.